The third kappa shape index (κ3) is 5.45. The predicted molar refractivity (Wildman–Crippen MR) is 60.2 cm³/mol. The molecule has 0 atom stereocenters. The van der Waals surface area contributed by atoms with Crippen LogP contribution in [0.3, 0.4) is 0 Å². The van der Waals surface area contributed by atoms with Crippen molar-refractivity contribution in [3.05, 3.63) is 24.3 Å². The van der Waals surface area contributed by atoms with Crippen LogP contribution in [0.2, 0.25) is 25.7 Å². The molecule has 0 aliphatic heterocycles. The van der Waals surface area contributed by atoms with Crippen molar-refractivity contribution >= 4 is 24.0 Å². The highest BCUT2D eigenvalue weighted by Crippen LogP contribution is 2.20. The molecule has 0 aromatic rings. The highest BCUT2D eigenvalue weighted by molar-refractivity contribution is 9.09. The number of hydrogen-bond donors (Lipinski definition) is 0. The van der Waals surface area contributed by atoms with Crippen LogP contribution in [-0.2, 0) is 0 Å². The van der Waals surface area contributed by atoms with Crippen LogP contribution in [0.25, 0.3) is 0 Å². The van der Waals surface area contributed by atoms with Gasteiger partial charge < -0.3 is 0 Å². The van der Waals surface area contributed by atoms with Gasteiger partial charge in [-0.25, -0.2) is 0 Å². The zero-order valence-corrected chi connectivity index (χ0v) is 10.3. The van der Waals surface area contributed by atoms with Crippen LogP contribution in [0.5, 0.6) is 0 Å². The monoisotopic (exact) mass is 232 g/mol. The SMILES string of the molecule is C=C(CBr)C(=C)C[Si](C)(C)C. The van der Waals surface area contributed by atoms with E-state index in [0.717, 1.165) is 16.9 Å². The minimum Gasteiger partial charge on any atom is -0.0958 e. The highest BCUT2D eigenvalue weighted by atomic mass is 79.9. The number of allylic oxidation sites excluding steroid dienone is 2. The maximum Gasteiger partial charge on any atom is 0.0486 e. The maximum absolute atomic E-state index is 4.02. The average molecular weight is 233 g/mol. The lowest BCUT2D eigenvalue weighted by atomic mass is 10.2. The molecule has 0 aliphatic rings. The minimum absolute atomic E-state index is 0.857. The van der Waals surface area contributed by atoms with Gasteiger partial charge >= 0.3 is 0 Å². The van der Waals surface area contributed by atoms with Crippen LogP contribution < -0.4 is 0 Å². The van der Waals surface area contributed by atoms with Crippen molar-refractivity contribution in [2.24, 2.45) is 0 Å². The Morgan fingerprint density at radius 1 is 1.18 bits per heavy atom. The molecule has 0 nitrogen and oxygen atoms in total. The number of halogens is 1. The molecular weight excluding hydrogens is 216 g/mol. The van der Waals surface area contributed by atoms with E-state index in [1.165, 1.54) is 5.57 Å². The Labute approximate surface area is 79.5 Å². The number of rotatable bonds is 4. The van der Waals surface area contributed by atoms with E-state index >= 15 is 0 Å². The molecule has 0 unspecified atom stereocenters. The van der Waals surface area contributed by atoms with E-state index in [0.29, 0.717) is 0 Å². The van der Waals surface area contributed by atoms with E-state index < -0.39 is 8.07 Å². The molecule has 0 aromatic carbocycles. The van der Waals surface area contributed by atoms with Crippen LogP contribution in [0.4, 0.5) is 0 Å². The molecule has 0 amide bonds. The molecule has 2 heteroatoms. The third-order valence-electron chi connectivity index (χ3n) is 1.41. The van der Waals surface area contributed by atoms with Gasteiger partial charge in [-0.3, -0.25) is 0 Å². The fourth-order valence-corrected chi connectivity index (χ4v) is 2.79. The Kier molecular flexibility index (Phi) is 4.33. The molecule has 0 aromatic heterocycles. The van der Waals surface area contributed by atoms with Gasteiger partial charge in [0.15, 0.2) is 0 Å². The van der Waals surface area contributed by atoms with E-state index in [9.17, 15) is 0 Å². The second-order valence-corrected chi connectivity index (χ2v) is 10.1. The largest absolute Gasteiger partial charge is 0.0958 e. The van der Waals surface area contributed by atoms with Crippen molar-refractivity contribution < 1.29 is 0 Å². The molecule has 0 saturated heterocycles. The summed E-state index contributed by atoms with van der Waals surface area (Å²) < 4.78 is 0. The first-order valence-corrected chi connectivity index (χ1v) is 8.61. The van der Waals surface area contributed by atoms with E-state index in [-0.39, 0.29) is 0 Å². The Balaban J connectivity index is 3.99. The Hall–Kier alpha value is 0.177. The molecule has 0 bridgehead atoms. The summed E-state index contributed by atoms with van der Waals surface area (Å²) >= 11 is 3.38. The second kappa shape index (κ2) is 4.26. The van der Waals surface area contributed by atoms with E-state index in [1.807, 2.05) is 0 Å². The first-order chi connectivity index (χ1) is 4.87. The van der Waals surface area contributed by atoms with Gasteiger partial charge in [0.05, 0.1) is 0 Å². The van der Waals surface area contributed by atoms with Crippen LogP contribution in [0.1, 0.15) is 0 Å². The topological polar surface area (TPSA) is 0 Å². The van der Waals surface area contributed by atoms with Gasteiger partial charge in [-0.1, -0.05) is 54.3 Å². The van der Waals surface area contributed by atoms with Gasteiger partial charge in [-0.2, -0.15) is 0 Å². The van der Waals surface area contributed by atoms with Gasteiger partial charge in [0.2, 0.25) is 0 Å². The summed E-state index contributed by atoms with van der Waals surface area (Å²) in [6.07, 6.45) is 0. The van der Waals surface area contributed by atoms with Crippen molar-refractivity contribution in [3.8, 4) is 0 Å². The summed E-state index contributed by atoms with van der Waals surface area (Å²) in [5, 5.41) is 0.857. The minimum atomic E-state index is -0.981. The lowest BCUT2D eigenvalue weighted by molar-refractivity contribution is 1.33. The summed E-state index contributed by atoms with van der Waals surface area (Å²) in [6, 6.07) is 1.16. The van der Waals surface area contributed by atoms with Crippen LogP contribution in [-0.4, -0.2) is 13.4 Å². The molecular formula is C9H17BrSi. The van der Waals surface area contributed by atoms with Gasteiger partial charge in [0.25, 0.3) is 0 Å². The van der Waals surface area contributed by atoms with Gasteiger partial charge in [-0.05, 0) is 11.6 Å². The Bertz CT molecular complexity index is 165. The van der Waals surface area contributed by atoms with Gasteiger partial charge in [0.1, 0.15) is 0 Å². The normalized spacial score (nSPS) is 11.3. The molecule has 64 valence electrons. The quantitative estimate of drug-likeness (QED) is 0.393. The zero-order valence-electron chi connectivity index (χ0n) is 7.71. The van der Waals surface area contributed by atoms with E-state index in [1.54, 1.807) is 0 Å². The van der Waals surface area contributed by atoms with Crippen molar-refractivity contribution in [1.29, 1.82) is 0 Å². The lowest BCUT2D eigenvalue weighted by Crippen LogP contribution is -2.20. The smallest absolute Gasteiger partial charge is 0.0486 e. The van der Waals surface area contributed by atoms with Crippen LogP contribution >= 0.6 is 15.9 Å². The van der Waals surface area contributed by atoms with Crippen molar-refractivity contribution in [2.75, 3.05) is 5.33 Å². The number of hydrogen-bond acceptors (Lipinski definition) is 0. The Morgan fingerprint density at radius 2 is 1.64 bits per heavy atom. The molecule has 0 rings (SSSR count). The molecule has 11 heavy (non-hydrogen) atoms. The standard InChI is InChI=1S/C9H17BrSi/c1-8(6-10)9(2)7-11(3,4)5/h1-2,6-7H2,3-5H3. The summed E-state index contributed by atoms with van der Waals surface area (Å²) in [5.74, 6) is 0. The first kappa shape index (κ1) is 11.2. The summed E-state index contributed by atoms with van der Waals surface area (Å²) in [7, 11) is -0.981. The molecule has 0 N–H and O–H groups in total. The molecule has 0 radical (unpaired) electrons. The fraction of sp³-hybridized carbons (Fsp3) is 0.556. The molecule has 0 spiro atoms. The fourth-order valence-electron chi connectivity index (χ4n) is 0.860. The maximum atomic E-state index is 4.02. The predicted octanol–water partition coefficient (Wildman–Crippen LogP) is 3.83. The third-order valence-corrected chi connectivity index (χ3v) is 3.57. The first-order valence-electron chi connectivity index (χ1n) is 3.79. The molecule has 0 heterocycles. The van der Waals surface area contributed by atoms with Crippen molar-refractivity contribution in [1.82, 2.24) is 0 Å². The van der Waals surface area contributed by atoms with E-state index in [4.69, 9.17) is 0 Å². The van der Waals surface area contributed by atoms with E-state index in [2.05, 4.69) is 48.7 Å². The number of alkyl halides is 1. The second-order valence-electron chi connectivity index (χ2n) is 4.08. The summed E-state index contributed by atoms with van der Waals surface area (Å²) in [6.45, 7) is 15.0. The molecule has 0 aliphatic carbocycles. The van der Waals surface area contributed by atoms with Gasteiger partial charge in [-0.15, -0.1) is 0 Å². The van der Waals surface area contributed by atoms with Crippen molar-refractivity contribution in [3.63, 3.8) is 0 Å². The zero-order chi connectivity index (χ0) is 9.07. The Morgan fingerprint density at radius 3 is 1.91 bits per heavy atom. The van der Waals surface area contributed by atoms with Crippen LogP contribution in [0.15, 0.2) is 24.3 Å². The highest BCUT2D eigenvalue weighted by Gasteiger charge is 2.15. The van der Waals surface area contributed by atoms with Gasteiger partial charge in [0, 0.05) is 13.4 Å². The molecule has 0 fully saturated rings. The van der Waals surface area contributed by atoms with Crippen molar-refractivity contribution in [2.45, 2.75) is 25.7 Å². The summed E-state index contributed by atoms with van der Waals surface area (Å²) in [5.41, 5.74) is 2.37. The summed E-state index contributed by atoms with van der Waals surface area (Å²) in [4.78, 5) is 0. The lowest BCUT2D eigenvalue weighted by Gasteiger charge is -2.17. The molecule has 0 saturated carbocycles. The average Bonchev–Trinajstić information content (AvgIpc) is 1.82. The van der Waals surface area contributed by atoms with Crippen LogP contribution in [0, 0.1) is 0 Å².